The Bertz CT molecular complexity index is 196. The zero-order valence-electron chi connectivity index (χ0n) is 9.50. The van der Waals surface area contributed by atoms with Gasteiger partial charge in [-0.2, -0.15) is 0 Å². The Morgan fingerprint density at radius 3 is 3.00 bits per heavy atom. The lowest BCUT2D eigenvalue weighted by molar-refractivity contribution is 0.204. The first-order valence-corrected chi connectivity index (χ1v) is 5.72. The standard InChI is InChI=1S/C10H22N4O/c1-2-14(8-9-15)7-6-13-10-11-4-3-5-12-10/h15H,2-9H2,1H3,(H2,11,12,13). The van der Waals surface area contributed by atoms with Gasteiger partial charge in [0, 0.05) is 32.7 Å². The van der Waals surface area contributed by atoms with Crippen molar-refractivity contribution in [2.45, 2.75) is 13.3 Å². The van der Waals surface area contributed by atoms with Gasteiger partial charge in [-0.05, 0) is 13.0 Å². The Hall–Kier alpha value is -0.810. The number of rotatable bonds is 6. The monoisotopic (exact) mass is 214 g/mol. The fourth-order valence-corrected chi connectivity index (χ4v) is 1.55. The molecule has 0 atom stereocenters. The van der Waals surface area contributed by atoms with E-state index in [0.717, 1.165) is 51.6 Å². The van der Waals surface area contributed by atoms with Crippen LogP contribution in [0.1, 0.15) is 13.3 Å². The third-order valence-corrected chi connectivity index (χ3v) is 2.48. The molecule has 15 heavy (non-hydrogen) atoms. The van der Waals surface area contributed by atoms with Gasteiger partial charge in [0.1, 0.15) is 0 Å². The van der Waals surface area contributed by atoms with E-state index >= 15 is 0 Å². The fourth-order valence-electron chi connectivity index (χ4n) is 1.55. The largest absolute Gasteiger partial charge is 0.395 e. The van der Waals surface area contributed by atoms with Gasteiger partial charge in [0.2, 0.25) is 0 Å². The van der Waals surface area contributed by atoms with Gasteiger partial charge in [-0.25, -0.2) is 0 Å². The molecule has 3 N–H and O–H groups in total. The first-order chi connectivity index (χ1) is 7.36. The lowest BCUT2D eigenvalue weighted by Gasteiger charge is -2.21. The molecule has 88 valence electrons. The van der Waals surface area contributed by atoms with Gasteiger partial charge in [-0.1, -0.05) is 6.92 Å². The first kappa shape index (κ1) is 12.3. The molecule has 0 saturated carbocycles. The van der Waals surface area contributed by atoms with Gasteiger partial charge < -0.3 is 15.7 Å². The van der Waals surface area contributed by atoms with Crippen LogP contribution in [0, 0.1) is 0 Å². The molecule has 0 amide bonds. The summed E-state index contributed by atoms with van der Waals surface area (Å²) in [6, 6.07) is 0. The molecule has 1 aliphatic heterocycles. The topological polar surface area (TPSA) is 59.9 Å². The van der Waals surface area contributed by atoms with E-state index in [0.29, 0.717) is 0 Å². The van der Waals surface area contributed by atoms with Crippen molar-refractivity contribution in [3.63, 3.8) is 0 Å². The maximum Gasteiger partial charge on any atom is 0.191 e. The highest BCUT2D eigenvalue weighted by atomic mass is 16.3. The summed E-state index contributed by atoms with van der Waals surface area (Å²) < 4.78 is 0. The number of nitrogens with one attached hydrogen (secondary N) is 2. The van der Waals surface area contributed by atoms with Crippen molar-refractivity contribution in [1.29, 1.82) is 0 Å². The summed E-state index contributed by atoms with van der Waals surface area (Å²) in [5.74, 6) is 0.918. The van der Waals surface area contributed by atoms with Crippen molar-refractivity contribution in [1.82, 2.24) is 15.5 Å². The van der Waals surface area contributed by atoms with Crippen LogP contribution in [0.15, 0.2) is 4.99 Å². The third-order valence-electron chi connectivity index (χ3n) is 2.48. The number of aliphatic hydroxyl groups excluding tert-OH is 1. The summed E-state index contributed by atoms with van der Waals surface area (Å²) in [5, 5.41) is 15.3. The Kier molecular flexibility index (Phi) is 6.11. The van der Waals surface area contributed by atoms with Gasteiger partial charge in [-0.15, -0.1) is 0 Å². The van der Waals surface area contributed by atoms with E-state index in [4.69, 9.17) is 5.11 Å². The SMILES string of the molecule is CCN(CCO)CCNC1=NCCCN1. The number of guanidine groups is 1. The Labute approximate surface area is 91.6 Å². The normalized spacial score (nSPS) is 16.1. The molecule has 0 aromatic heterocycles. The molecule has 0 radical (unpaired) electrons. The van der Waals surface area contributed by atoms with Crippen molar-refractivity contribution in [2.75, 3.05) is 45.9 Å². The van der Waals surface area contributed by atoms with Crippen molar-refractivity contribution in [2.24, 2.45) is 4.99 Å². The summed E-state index contributed by atoms with van der Waals surface area (Å²) in [4.78, 5) is 6.53. The van der Waals surface area contributed by atoms with E-state index in [1.165, 1.54) is 0 Å². The molecule has 0 spiro atoms. The van der Waals surface area contributed by atoms with E-state index < -0.39 is 0 Å². The number of hydrogen-bond acceptors (Lipinski definition) is 5. The summed E-state index contributed by atoms with van der Waals surface area (Å²) in [6.45, 7) is 7.81. The number of aliphatic hydroxyl groups is 1. The lowest BCUT2D eigenvalue weighted by atomic mass is 10.4. The summed E-state index contributed by atoms with van der Waals surface area (Å²) in [5.41, 5.74) is 0. The van der Waals surface area contributed by atoms with Crippen LogP contribution in [-0.2, 0) is 0 Å². The number of nitrogens with zero attached hydrogens (tertiary/aromatic N) is 2. The highest BCUT2D eigenvalue weighted by Crippen LogP contribution is 1.88. The predicted octanol–water partition coefficient (Wildman–Crippen LogP) is -0.760. The molecule has 0 aromatic rings. The van der Waals surface area contributed by atoms with E-state index in [1.54, 1.807) is 0 Å². The van der Waals surface area contributed by atoms with E-state index in [2.05, 4.69) is 27.4 Å². The van der Waals surface area contributed by atoms with Crippen LogP contribution < -0.4 is 10.6 Å². The highest BCUT2D eigenvalue weighted by molar-refractivity contribution is 5.80. The minimum Gasteiger partial charge on any atom is -0.395 e. The average molecular weight is 214 g/mol. The van der Waals surface area contributed by atoms with E-state index in [-0.39, 0.29) is 6.61 Å². The van der Waals surface area contributed by atoms with Crippen molar-refractivity contribution in [3.05, 3.63) is 0 Å². The third kappa shape index (κ3) is 4.99. The molecular weight excluding hydrogens is 192 g/mol. The minimum absolute atomic E-state index is 0.229. The van der Waals surface area contributed by atoms with Crippen LogP contribution in [0.25, 0.3) is 0 Å². The van der Waals surface area contributed by atoms with E-state index in [1.807, 2.05) is 0 Å². The molecule has 5 heteroatoms. The Morgan fingerprint density at radius 2 is 2.40 bits per heavy atom. The lowest BCUT2D eigenvalue weighted by Crippen LogP contribution is -2.44. The van der Waals surface area contributed by atoms with Gasteiger partial charge in [0.15, 0.2) is 5.96 Å². The van der Waals surface area contributed by atoms with Gasteiger partial charge >= 0.3 is 0 Å². The quantitative estimate of drug-likeness (QED) is 0.544. The number of hydrogen-bond donors (Lipinski definition) is 3. The van der Waals surface area contributed by atoms with Crippen LogP contribution in [0.2, 0.25) is 0 Å². The second kappa shape index (κ2) is 7.48. The summed E-state index contributed by atoms with van der Waals surface area (Å²) in [7, 11) is 0. The fraction of sp³-hybridized carbons (Fsp3) is 0.900. The van der Waals surface area contributed by atoms with Crippen LogP contribution in [0.5, 0.6) is 0 Å². The van der Waals surface area contributed by atoms with Crippen LogP contribution in [-0.4, -0.2) is 61.8 Å². The number of likely N-dealkylation sites (N-methyl/N-ethyl adjacent to an activating group) is 1. The maximum atomic E-state index is 8.82. The van der Waals surface area contributed by atoms with E-state index in [9.17, 15) is 0 Å². The molecule has 0 aromatic carbocycles. The summed E-state index contributed by atoms with van der Waals surface area (Å²) in [6.07, 6.45) is 1.12. The van der Waals surface area contributed by atoms with Crippen molar-refractivity contribution in [3.8, 4) is 0 Å². The second-order valence-corrected chi connectivity index (χ2v) is 3.60. The minimum atomic E-state index is 0.229. The van der Waals surface area contributed by atoms with Crippen molar-refractivity contribution >= 4 is 5.96 Å². The van der Waals surface area contributed by atoms with Gasteiger partial charge in [0.05, 0.1) is 6.61 Å². The number of aliphatic imine (C=N–C) groups is 1. The Morgan fingerprint density at radius 1 is 1.53 bits per heavy atom. The molecule has 1 heterocycles. The van der Waals surface area contributed by atoms with Crippen LogP contribution in [0.4, 0.5) is 0 Å². The molecule has 0 saturated heterocycles. The molecule has 1 rings (SSSR count). The summed E-state index contributed by atoms with van der Waals surface area (Å²) >= 11 is 0. The molecular formula is C10H22N4O. The average Bonchev–Trinajstić information content (AvgIpc) is 2.29. The first-order valence-electron chi connectivity index (χ1n) is 5.72. The van der Waals surface area contributed by atoms with Crippen LogP contribution >= 0.6 is 0 Å². The van der Waals surface area contributed by atoms with Gasteiger partial charge in [-0.3, -0.25) is 9.89 Å². The zero-order chi connectivity index (χ0) is 10.9. The maximum absolute atomic E-state index is 8.82. The second-order valence-electron chi connectivity index (χ2n) is 3.60. The molecule has 5 nitrogen and oxygen atoms in total. The molecule has 0 bridgehead atoms. The molecule has 0 unspecified atom stereocenters. The van der Waals surface area contributed by atoms with Crippen molar-refractivity contribution < 1.29 is 5.11 Å². The highest BCUT2D eigenvalue weighted by Gasteiger charge is 2.04. The van der Waals surface area contributed by atoms with Crippen LogP contribution in [0.3, 0.4) is 0 Å². The molecule has 0 fully saturated rings. The molecule has 1 aliphatic rings. The van der Waals surface area contributed by atoms with Gasteiger partial charge in [0.25, 0.3) is 0 Å². The molecule has 0 aliphatic carbocycles. The smallest absolute Gasteiger partial charge is 0.191 e. The zero-order valence-corrected chi connectivity index (χ0v) is 9.50. The predicted molar refractivity (Wildman–Crippen MR) is 62.1 cm³/mol. The Balaban J connectivity index is 2.11.